The Balaban J connectivity index is 1.68. The molecular weight excluding hydrogens is 360 g/mol. The lowest BCUT2D eigenvalue weighted by Gasteiger charge is -2.24. The van der Waals surface area contributed by atoms with E-state index in [9.17, 15) is 23.5 Å². The average molecular weight is 381 g/mol. The summed E-state index contributed by atoms with van der Waals surface area (Å²) in [7, 11) is 1.48. The van der Waals surface area contributed by atoms with Crippen LogP contribution in [-0.2, 0) is 16.1 Å². The molecule has 2 aromatic rings. The summed E-state index contributed by atoms with van der Waals surface area (Å²) in [6, 6.07) is 1.32. The van der Waals surface area contributed by atoms with Crippen molar-refractivity contribution >= 4 is 22.8 Å². The molecule has 27 heavy (non-hydrogen) atoms. The zero-order valence-electron chi connectivity index (χ0n) is 15.0. The van der Waals surface area contributed by atoms with Crippen LogP contribution in [0.3, 0.4) is 0 Å². The van der Waals surface area contributed by atoms with Crippen LogP contribution in [0.25, 0.3) is 11.0 Å². The van der Waals surface area contributed by atoms with Crippen LogP contribution in [0, 0.1) is 17.6 Å². The van der Waals surface area contributed by atoms with Gasteiger partial charge in [-0.15, -0.1) is 5.10 Å². The average Bonchev–Trinajstić information content (AvgIpc) is 3.18. The summed E-state index contributed by atoms with van der Waals surface area (Å²) < 4.78 is 28.2. The summed E-state index contributed by atoms with van der Waals surface area (Å²) in [4.78, 5) is 25.9. The van der Waals surface area contributed by atoms with Crippen LogP contribution < -0.4 is 5.32 Å². The van der Waals surface area contributed by atoms with Gasteiger partial charge in [0.25, 0.3) is 0 Å². The molecule has 10 heteroatoms. The molecule has 1 fully saturated rings. The van der Waals surface area contributed by atoms with Crippen LogP contribution in [0.2, 0.25) is 0 Å². The molecule has 3 atom stereocenters. The Morgan fingerprint density at radius 1 is 1.37 bits per heavy atom. The summed E-state index contributed by atoms with van der Waals surface area (Å²) in [5.74, 6) is -2.75. The number of aliphatic hydroxyl groups excluding tert-OH is 1. The number of likely N-dealkylation sites (tertiary alicyclic amines) is 1. The maximum Gasteiger partial charge on any atom is 0.242 e. The number of benzene rings is 1. The molecule has 0 bridgehead atoms. The third-order valence-corrected chi connectivity index (χ3v) is 4.71. The minimum absolute atomic E-state index is 0.111. The van der Waals surface area contributed by atoms with Crippen molar-refractivity contribution < 1.29 is 23.5 Å². The topological polar surface area (TPSA) is 100 Å². The molecule has 0 spiro atoms. The first kappa shape index (κ1) is 19.2. The zero-order chi connectivity index (χ0) is 19.7. The van der Waals surface area contributed by atoms with Crippen LogP contribution in [-0.4, -0.2) is 62.6 Å². The molecule has 2 amide bonds. The fourth-order valence-electron chi connectivity index (χ4n) is 3.38. The number of nitrogens with zero attached hydrogens (tertiary/aromatic N) is 4. The standard InChI is InChI=1S/C17H21F2N5O3/c1-9(3-16(26)23-8-10(25)4-15(23)17(27)20-2)7-24-14-6-12(19)11(18)5-13(14)21-22-24/h5-6,9-10,15,25H,3-4,7-8H2,1-2H3,(H,20,27). The van der Waals surface area contributed by atoms with Crippen molar-refractivity contribution in [2.24, 2.45) is 5.92 Å². The number of rotatable bonds is 5. The number of amides is 2. The number of aliphatic hydroxyl groups is 1. The lowest BCUT2D eigenvalue weighted by Crippen LogP contribution is -2.45. The van der Waals surface area contributed by atoms with Crippen LogP contribution >= 0.6 is 0 Å². The highest BCUT2D eigenvalue weighted by molar-refractivity contribution is 5.88. The highest BCUT2D eigenvalue weighted by Crippen LogP contribution is 2.22. The quantitative estimate of drug-likeness (QED) is 0.783. The van der Waals surface area contributed by atoms with Crippen molar-refractivity contribution in [2.75, 3.05) is 13.6 Å². The van der Waals surface area contributed by atoms with E-state index in [0.717, 1.165) is 12.1 Å². The van der Waals surface area contributed by atoms with E-state index in [4.69, 9.17) is 0 Å². The Morgan fingerprint density at radius 2 is 2.07 bits per heavy atom. The lowest BCUT2D eigenvalue weighted by molar-refractivity contribution is -0.139. The number of β-amino-alcohol motifs (C(OH)–C–C–N with tert-alkyl or cyclic N) is 1. The van der Waals surface area contributed by atoms with Crippen molar-refractivity contribution in [3.8, 4) is 0 Å². The third-order valence-electron chi connectivity index (χ3n) is 4.71. The van der Waals surface area contributed by atoms with Gasteiger partial charge < -0.3 is 15.3 Å². The zero-order valence-corrected chi connectivity index (χ0v) is 15.0. The molecule has 2 heterocycles. The van der Waals surface area contributed by atoms with Crippen molar-refractivity contribution in [1.29, 1.82) is 0 Å². The first-order valence-corrected chi connectivity index (χ1v) is 8.67. The minimum atomic E-state index is -0.995. The molecule has 1 saturated heterocycles. The molecule has 1 aliphatic heterocycles. The number of aromatic nitrogens is 3. The van der Waals surface area contributed by atoms with Crippen molar-refractivity contribution in [3.05, 3.63) is 23.8 Å². The highest BCUT2D eigenvalue weighted by Gasteiger charge is 2.38. The molecular formula is C17H21F2N5O3. The predicted molar refractivity (Wildman–Crippen MR) is 91.4 cm³/mol. The fourth-order valence-corrected chi connectivity index (χ4v) is 3.38. The number of hydrogen-bond donors (Lipinski definition) is 2. The number of carbonyl (C=O) groups excluding carboxylic acids is 2. The largest absolute Gasteiger partial charge is 0.391 e. The van der Waals surface area contributed by atoms with Gasteiger partial charge in [-0.1, -0.05) is 12.1 Å². The molecule has 8 nitrogen and oxygen atoms in total. The minimum Gasteiger partial charge on any atom is -0.391 e. The Bertz CT molecular complexity index is 872. The van der Waals surface area contributed by atoms with Crippen molar-refractivity contribution in [2.45, 2.75) is 38.5 Å². The van der Waals surface area contributed by atoms with E-state index in [1.165, 1.54) is 16.6 Å². The second-order valence-electron chi connectivity index (χ2n) is 6.90. The monoisotopic (exact) mass is 381 g/mol. The van der Waals surface area contributed by atoms with Gasteiger partial charge >= 0.3 is 0 Å². The van der Waals surface area contributed by atoms with E-state index in [1.807, 2.05) is 6.92 Å². The predicted octanol–water partition coefficient (Wildman–Crippen LogP) is 0.443. The number of likely N-dealkylation sites (N-methyl/N-ethyl adjacent to an activating group) is 1. The summed E-state index contributed by atoms with van der Waals surface area (Å²) in [6.07, 6.45) is -0.410. The molecule has 2 N–H and O–H groups in total. The molecule has 1 aromatic carbocycles. The van der Waals surface area contributed by atoms with Crippen LogP contribution in [0.15, 0.2) is 12.1 Å². The number of halogens is 2. The van der Waals surface area contributed by atoms with E-state index in [0.29, 0.717) is 5.52 Å². The lowest BCUT2D eigenvalue weighted by atomic mass is 10.1. The molecule has 0 radical (unpaired) electrons. The summed E-state index contributed by atoms with van der Waals surface area (Å²) in [5.41, 5.74) is 0.572. The first-order chi connectivity index (χ1) is 12.8. The van der Waals surface area contributed by atoms with Gasteiger partial charge in [-0.3, -0.25) is 9.59 Å². The van der Waals surface area contributed by atoms with Gasteiger partial charge in [0, 0.05) is 45.1 Å². The van der Waals surface area contributed by atoms with E-state index >= 15 is 0 Å². The molecule has 0 aliphatic carbocycles. The van der Waals surface area contributed by atoms with Gasteiger partial charge in [-0.25, -0.2) is 13.5 Å². The van der Waals surface area contributed by atoms with E-state index < -0.39 is 23.8 Å². The number of nitrogens with one attached hydrogen (secondary N) is 1. The van der Waals surface area contributed by atoms with Gasteiger partial charge in [-0.2, -0.15) is 0 Å². The van der Waals surface area contributed by atoms with Gasteiger partial charge in [0.2, 0.25) is 11.8 Å². The third kappa shape index (κ3) is 3.90. The molecule has 0 saturated carbocycles. The molecule has 3 unspecified atom stereocenters. The maximum absolute atomic E-state index is 13.5. The second-order valence-corrected chi connectivity index (χ2v) is 6.90. The normalized spacial score (nSPS) is 20.9. The number of hydrogen-bond acceptors (Lipinski definition) is 5. The van der Waals surface area contributed by atoms with Gasteiger partial charge in [0.15, 0.2) is 11.6 Å². The molecule has 3 rings (SSSR count). The highest BCUT2D eigenvalue weighted by atomic mass is 19.2. The molecule has 1 aliphatic rings. The van der Waals surface area contributed by atoms with Crippen molar-refractivity contribution in [3.63, 3.8) is 0 Å². The Kier molecular flexibility index (Phi) is 5.36. The van der Waals surface area contributed by atoms with Crippen molar-refractivity contribution in [1.82, 2.24) is 25.2 Å². The molecule has 1 aromatic heterocycles. The van der Waals surface area contributed by atoms with Crippen LogP contribution in [0.4, 0.5) is 8.78 Å². The summed E-state index contributed by atoms with van der Waals surface area (Å²) >= 11 is 0. The SMILES string of the molecule is CNC(=O)C1CC(O)CN1C(=O)CC(C)Cn1nnc2cc(F)c(F)cc21. The summed E-state index contributed by atoms with van der Waals surface area (Å²) in [5, 5.41) is 20.0. The Labute approximate surface area is 154 Å². The Hall–Kier alpha value is -2.62. The van der Waals surface area contributed by atoms with Crippen LogP contribution in [0.1, 0.15) is 19.8 Å². The van der Waals surface area contributed by atoms with E-state index in [1.54, 1.807) is 0 Å². The first-order valence-electron chi connectivity index (χ1n) is 8.67. The molecule has 146 valence electrons. The summed E-state index contributed by atoms with van der Waals surface area (Å²) in [6.45, 7) is 2.20. The smallest absolute Gasteiger partial charge is 0.242 e. The van der Waals surface area contributed by atoms with Gasteiger partial charge in [0.1, 0.15) is 11.6 Å². The maximum atomic E-state index is 13.5. The number of fused-ring (bicyclic) bond motifs is 1. The van der Waals surface area contributed by atoms with Gasteiger partial charge in [0.05, 0.1) is 11.6 Å². The van der Waals surface area contributed by atoms with Gasteiger partial charge in [-0.05, 0) is 5.92 Å². The fraction of sp³-hybridized carbons (Fsp3) is 0.529. The number of carbonyl (C=O) groups is 2. The van der Waals surface area contributed by atoms with Crippen LogP contribution in [0.5, 0.6) is 0 Å². The Morgan fingerprint density at radius 3 is 2.78 bits per heavy atom. The van der Waals surface area contributed by atoms with E-state index in [2.05, 4.69) is 15.6 Å². The second kappa shape index (κ2) is 7.55. The van der Waals surface area contributed by atoms with E-state index in [-0.39, 0.29) is 49.2 Å².